The van der Waals surface area contributed by atoms with Gasteiger partial charge in [-0.2, -0.15) is 0 Å². The number of pyridine rings is 1. The summed E-state index contributed by atoms with van der Waals surface area (Å²) in [7, 11) is 0. The second-order valence-electron chi connectivity index (χ2n) is 9.46. The first kappa shape index (κ1) is 24.3. The van der Waals surface area contributed by atoms with E-state index in [1.807, 2.05) is 72.9 Å². The molecule has 0 saturated carbocycles. The number of hydrogen-bond donors (Lipinski definition) is 1. The van der Waals surface area contributed by atoms with E-state index in [1.165, 1.54) is 0 Å². The van der Waals surface area contributed by atoms with Crippen LogP contribution in [0.15, 0.2) is 118 Å². The van der Waals surface area contributed by atoms with Crippen molar-refractivity contribution < 1.29 is 35.0 Å². The smallest absolute Gasteiger partial charge is 0.230 e. The van der Waals surface area contributed by atoms with Gasteiger partial charge in [-0.05, 0) is 36.4 Å². The SMILES string of the molecule is Oc1ccccc1-c1nc2c(-c3[c-]c(-c4cc5oc6ccccc6c5c5cccnc45)ccc3)cccc2o1.[Pt]. The molecule has 0 aliphatic rings. The molecule has 0 fully saturated rings. The Morgan fingerprint density at radius 3 is 2.23 bits per heavy atom. The van der Waals surface area contributed by atoms with Gasteiger partial charge < -0.3 is 13.9 Å². The average molecular weight is 699 g/mol. The maximum absolute atomic E-state index is 10.3. The Kier molecular flexibility index (Phi) is 5.76. The minimum absolute atomic E-state index is 0. The molecule has 8 aromatic rings. The number of phenolic OH excluding ortho intramolecular Hbond substituents is 1. The number of benzene rings is 5. The summed E-state index contributed by atoms with van der Waals surface area (Å²) in [6.07, 6.45) is 1.82. The Bertz CT molecular complexity index is 2210. The summed E-state index contributed by atoms with van der Waals surface area (Å²) in [6, 6.07) is 36.7. The molecule has 0 amide bonds. The van der Waals surface area contributed by atoms with Gasteiger partial charge in [-0.1, -0.05) is 59.7 Å². The number of para-hydroxylation sites is 3. The predicted octanol–water partition coefficient (Wildman–Crippen LogP) is 8.78. The first-order valence-electron chi connectivity index (χ1n) is 12.6. The van der Waals surface area contributed by atoms with E-state index >= 15 is 0 Å². The molecule has 5 nitrogen and oxygen atoms in total. The Balaban J connectivity index is 0.00000264. The fraction of sp³-hybridized carbons (Fsp3) is 0. The van der Waals surface area contributed by atoms with E-state index in [9.17, 15) is 5.11 Å². The zero-order chi connectivity index (χ0) is 25.9. The molecule has 0 saturated heterocycles. The zero-order valence-electron chi connectivity index (χ0n) is 20.9. The van der Waals surface area contributed by atoms with E-state index in [1.54, 1.807) is 18.2 Å². The van der Waals surface area contributed by atoms with Gasteiger partial charge in [0.05, 0.1) is 11.1 Å². The second kappa shape index (κ2) is 9.48. The van der Waals surface area contributed by atoms with Gasteiger partial charge >= 0.3 is 0 Å². The maximum Gasteiger partial charge on any atom is 0.230 e. The van der Waals surface area contributed by atoms with Crippen LogP contribution >= 0.6 is 0 Å². The fourth-order valence-electron chi connectivity index (χ4n) is 5.39. The van der Waals surface area contributed by atoms with Crippen molar-refractivity contribution in [1.82, 2.24) is 9.97 Å². The van der Waals surface area contributed by atoms with E-state index in [0.29, 0.717) is 22.6 Å². The number of fused-ring (bicyclic) bond motifs is 6. The molecule has 0 spiro atoms. The van der Waals surface area contributed by atoms with Gasteiger partial charge in [-0.25, -0.2) is 4.98 Å². The standard InChI is InChI=1S/C34H19N2O3.Pt/c37-27-14-3-1-10-23(27)34-36-33-22(12-6-16-29(33)39-34)20-8-5-9-21(18-20)26-19-30-31(25-13-7-17-35-32(25)26)24-11-2-4-15-28(24)38-30;/h1-17,19,37H;/q-1;. The van der Waals surface area contributed by atoms with Crippen molar-refractivity contribution in [1.29, 1.82) is 0 Å². The first-order chi connectivity index (χ1) is 19.2. The van der Waals surface area contributed by atoms with E-state index in [0.717, 1.165) is 55.1 Å². The maximum atomic E-state index is 10.3. The molecule has 6 heteroatoms. The van der Waals surface area contributed by atoms with E-state index < -0.39 is 0 Å². The quantitative estimate of drug-likeness (QED) is 0.187. The van der Waals surface area contributed by atoms with E-state index in [-0.39, 0.29) is 26.8 Å². The van der Waals surface area contributed by atoms with Crippen molar-refractivity contribution in [2.45, 2.75) is 0 Å². The molecular weight excluding hydrogens is 679 g/mol. The number of hydrogen-bond acceptors (Lipinski definition) is 5. The summed E-state index contributed by atoms with van der Waals surface area (Å²) in [5.41, 5.74) is 8.08. The molecule has 194 valence electrons. The average Bonchev–Trinajstić information content (AvgIpc) is 3.59. The molecule has 0 aliphatic carbocycles. The number of nitrogens with zero attached hydrogens (tertiary/aromatic N) is 2. The molecule has 3 aromatic heterocycles. The van der Waals surface area contributed by atoms with Crippen molar-refractivity contribution in [3.8, 4) is 39.5 Å². The third-order valence-electron chi connectivity index (χ3n) is 7.16. The van der Waals surface area contributed by atoms with Gasteiger partial charge in [-0.15, -0.1) is 35.4 Å². The van der Waals surface area contributed by atoms with Crippen LogP contribution < -0.4 is 0 Å². The van der Waals surface area contributed by atoms with Gasteiger partial charge in [0.1, 0.15) is 22.5 Å². The van der Waals surface area contributed by atoms with Gasteiger partial charge in [0.2, 0.25) is 5.89 Å². The summed E-state index contributed by atoms with van der Waals surface area (Å²) in [4.78, 5) is 9.54. The van der Waals surface area contributed by atoms with Crippen LogP contribution in [0.1, 0.15) is 0 Å². The number of rotatable bonds is 3. The van der Waals surface area contributed by atoms with Crippen LogP contribution in [-0.2, 0) is 21.1 Å². The Labute approximate surface area is 243 Å². The molecule has 0 radical (unpaired) electrons. The van der Waals surface area contributed by atoms with Crippen LogP contribution in [0.2, 0.25) is 0 Å². The van der Waals surface area contributed by atoms with Crippen LogP contribution in [-0.4, -0.2) is 15.1 Å². The number of oxazole rings is 1. The molecule has 0 bridgehead atoms. The Morgan fingerprint density at radius 2 is 1.32 bits per heavy atom. The largest absolute Gasteiger partial charge is 0.507 e. The van der Waals surface area contributed by atoms with E-state index in [2.05, 4.69) is 24.3 Å². The Hall–Kier alpha value is -4.73. The van der Waals surface area contributed by atoms with Crippen LogP contribution in [0.5, 0.6) is 5.75 Å². The normalized spacial score (nSPS) is 11.4. The molecule has 3 heterocycles. The predicted molar refractivity (Wildman–Crippen MR) is 153 cm³/mol. The molecule has 5 aromatic carbocycles. The molecule has 0 aliphatic heterocycles. The number of furan rings is 1. The molecule has 8 rings (SSSR count). The number of aromatic nitrogens is 2. The van der Waals surface area contributed by atoms with Gasteiger partial charge in [0.15, 0.2) is 0 Å². The summed E-state index contributed by atoms with van der Waals surface area (Å²) in [5.74, 6) is 0.497. The van der Waals surface area contributed by atoms with Crippen LogP contribution in [0, 0.1) is 6.07 Å². The van der Waals surface area contributed by atoms with Crippen molar-refractivity contribution in [2.75, 3.05) is 0 Å². The third-order valence-corrected chi connectivity index (χ3v) is 7.16. The molecular formula is C34H19N2O3Pt-. The topological polar surface area (TPSA) is 72.3 Å². The summed E-state index contributed by atoms with van der Waals surface area (Å²) >= 11 is 0. The number of aromatic hydroxyl groups is 1. The Morgan fingerprint density at radius 1 is 0.600 bits per heavy atom. The molecule has 0 unspecified atom stereocenters. The fourth-order valence-corrected chi connectivity index (χ4v) is 5.39. The van der Waals surface area contributed by atoms with Crippen LogP contribution in [0.4, 0.5) is 0 Å². The van der Waals surface area contributed by atoms with Crippen LogP contribution in [0.25, 0.3) is 77.6 Å². The van der Waals surface area contributed by atoms with Crippen molar-refractivity contribution in [2.24, 2.45) is 0 Å². The number of phenols is 1. The molecule has 40 heavy (non-hydrogen) atoms. The molecule has 0 atom stereocenters. The van der Waals surface area contributed by atoms with Crippen molar-refractivity contribution in [3.63, 3.8) is 0 Å². The third kappa shape index (κ3) is 3.74. The van der Waals surface area contributed by atoms with E-state index in [4.69, 9.17) is 18.8 Å². The minimum atomic E-state index is 0. The second-order valence-corrected chi connectivity index (χ2v) is 9.46. The summed E-state index contributed by atoms with van der Waals surface area (Å²) < 4.78 is 12.3. The van der Waals surface area contributed by atoms with Gasteiger partial charge in [-0.3, -0.25) is 4.98 Å². The van der Waals surface area contributed by atoms with Crippen molar-refractivity contribution in [3.05, 3.63) is 115 Å². The first-order valence-corrected chi connectivity index (χ1v) is 12.6. The van der Waals surface area contributed by atoms with Crippen molar-refractivity contribution >= 4 is 43.9 Å². The molecule has 1 N–H and O–H groups in total. The monoisotopic (exact) mass is 698 g/mol. The summed E-state index contributed by atoms with van der Waals surface area (Å²) in [5, 5.41) is 13.5. The van der Waals surface area contributed by atoms with Gasteiger partial charge in [0, 0.05) is 48.9 Å². The summed E-state index contributed by atoms with van der Waals surface area (Å²) in [6.45, 7) is 0. The van der Waals surface area contributed by atoms with Gasteiger partial charge in [0.25, 0.3) is 0 Å². The minimum Gasteiger partial charge on any atom is -0.507 e. The van der Waals surface area contributed by atoms with Crippen LogP contribution in [0.3, 0.4) is 0 Å². The zero-order valence-corrected chi connectivity index (χ0v) is 23.1.